The molecule has 0 aliphatic heterocycles. The van der Waals surface area contributed by atoms with Crippen LogP contribution in [0.4, 0.5) is 0 Å². The van der Waals surface area contributed by atoms with Gasteiger partial charge in [-0.15, -0.1) is 0 Å². The Morgan fingerprint density at radius 3 is 1.59 bits per heavy atom. The molecule has 6 nitrogen and oxygen atoms in total. The summed E-state index contributed by atoms with van der Waals surface area (Å²) < 4.78 is 19.9. The van der Waals surface area contributed by atoms with Crippen molar-refractivity contribution in [2.75, 3.05) is 0 Å². The third-order valence-corrected chi connectivity index (χ3v) is 12.1. The number of furan rings is 3. The molecule has 0 aliphatic rings. The molecule has 0 fully saturated rings. The Hall–Kier alpha value is -8.61. The van der Waals surface area contributed by atoms with Crippen molar-refractivity contribution < 1.29 is 13.3 Å². The van der Waals surface area contributed by atoms with Crippen LogP contribution in [0, 0.1) is 0 Å². The van der Waals surface area contributed by atoms with Crippen molar-refractivity contribution in [3.63, 3.8) is 0 Å². The summed E-state index contributed by atoms with van der Waals surface area (Å²) in [4.78, 5) is 15.1. The molecular weight excluding hydrogens is 775 g/mol. The van der Waals surface area contributed by atoms with E-state index in [-0.39, 0.29) is 0 Å². The summed E-state index contributed by atoms with van der Waals surface area (Å²) in [6.45, 7) is 0. The summed E-state index contributed by atoms with van der Waals surface area (Å²) >= 11 is 0. The van der Waals surface area contributed by atoms with Crippen molar-refractivity contribution in [1.82, 2.24) is 15.0 Å². The average Bonchev–Trinajstić information content (AvgIpc) is 4.05. The highest BCUT2D eigenvalue weighted by Gasteiger charge is 2.21. The summed E-state index contributed by atoms with van der Waals surface area (Å²) in [5.41, 5.74) is 13.9. The van der Waals surface area contributed by atoms with Gasteiger partial charge < -0.3 is 13.3 Å². The van der Waals surface area contributed by atoms with Gasteiger partial charge in [-0.3, -0.25) is 0 Å². The maximum Gasteiger partial charge on any atom is 0.167 e. The number of aromatic nitrogens is 3. The van der Waals surface area contributed by atoms with Crippen LogP contribution in [0.25, 0.3) is 133 Å². The Bertz CT molecular complexity index is 3910. The molecule has 0 saturated heterocycles. The zero-order valence-electron chi connectivity index (χ0n) is 33.6. The van der Waals surface area contributed by atoms with Crippen LogP contribution in [0.2, 0.25) is 0 Å². The van der Waals surface area contributed by atoms with E-state index in [1.54, 1.807) is 0 Å². The number of rotatable bonds is 6. The van der Waals surface area contributed by atoms with E-state index in [0.717, 1.165) is 116 Å². The molecule has 0 bridgehead atoms. The lowest BCUT2D eigenvalue weighted by Crippen LogP contribution is -2.00. The Labute approximate surface area is 360 Å². The van der Waals surface area contributed by atoms with Crippen molar-refractivity contribution in [3.8, 4) is 67.5 Å². The third-order valence-electron chi connectivity index (χ3n) is 12.1. The number of hydrogen-bond donors (Lipinski definition) is 0. The largest absolute Gasteiger partial charge is 0.456 e. The molecule has 0 atom stereocenters. The molecule has 4 heterocycles. The Balaban J connectivity index is 0.940. The van der Waals surface area contributed by atoms with Crippen molar-refractivity contribution in [3.05, 3.63) is 200 Å². The summed E-state index contributed by atoms with van der Waals surface area (Å²) in [5.74, 6) is 1.65. The summed E-state index contributed by atoms with van der Waals surface area (Å²) in [6.07, 6.45) is 0. The second kappa shape index (κ2) is 14.0. The van der Waals surface area contributed by atoms with Crippen LogP contribution in [0.5, 0.6) is 0 Å². The highest BCUT2D eigenvalue weighted by molar-refractivity contribution is 6.15. The topological polar surface area (TPSA) is 78.1 Å². The van der Waals surface area contributed by atoms with E-state index >= 15 is 0 Å². The molecule has 6 heteroatoms. The van der Waals surface area contributed by atoms with Crippen LogP contribution in [0.3, 0.4) is 0 Å². The number of benzene rings is 9. The molecule has 9 aromatic carbocycles. The molecule has 0 spiro atoms. The first-order valence-electron chi connectivity index (χ1n) is 21.0. The smallest absolute Gasteiger partial charge is 0.167 e. The quantitative estimate of drug-likeness (QED) is 0.166. The van der Waals surface area contributed by atoms with Crippen molar-refractivity contribution in [1.29, 1.82) is 0 Å². The fraction of sp³-hybridized carbons (Fsp3) is 0. The predicted molar refractivity (Wildman–Crippen MR) is 254 cm³/mol. The van der Waals surface area contributed by atoms with Gasteiger partial charge in [-0.2, -0.15) is 0 Å². The van der Waals surface area contributed by atoms with Crippen LogP contribution < -0.4 is 0 Å². The van der Waals surface area contributed by atoms with Crippen molar-refractivity contribution in [2.24, 2.45) is 0 Å². The summed E-state index contributed by atoms with van der Waals surface area (Å²) in [6, 6.07) is 68.7. The van der Waals surface area contributed by atoms with Crippen molar-refractivity contribution in [2.45, 2.75) is 0 Å². The zero-order valence-corrected chi connectivity index (χ0v) is 33.6. The van der Waals surface area contributed by atoms with Crippen LogP contribution in [0.1, 0.15) is 0 Å². The highest BCUT2D eigenvalue weighted by atomic mass is 16.3. The number of nitrogens with zero attached hydrogens (tertiary/aromatic N) is 3. The zero-order chi connectivity index (χ0) is 41.4. The van der Waals surface area contributed by atoms with Gasteiger partial charge in [-0.25, -0.2) is 15.0 Å². The van der Waals surface area contributed by atoms with Gasteiger partial charge in [0.25, 0.3) is 0 Å². The standard InChI is InChI=1S/C57H33N3O3/c1-4-14-34(15-5-1)39-31-46(35-16-6-2-7-17-35)54-48(32-39)44-23-12-21-40(52(44)63-54)37-27-29-50-47(30-37)42-28-26-38(33-51(42)61-50)56-58-55(36-18-8-3-9-19-36)59-57(60-56)45-24-13-22-43-41-20-10-11-25-49(41)62-53(43)45/h1-33H. The molecule has 0 unspecified atom stereocenters. The summed E-state index contributed by atoms with van der Waals surface area (Å²) in [5, 5.41) is 6.23. The number of fused-ring (bicyclic) bond motifs is 9. The fourth-order valence-corrected chi connectivity index (χ4v) is 9.11. The molecule has 4 aromatic heterocycles. The van der Waals surface area contributed by atoms with Gasteiger partial charge in [-0.1, -0.05) is 152 Å². The second-order valence-corrected chi connectivity index (χ2v) is 15.9. The Morgan fingerprint density at radius 1 is 0.238 bits per heavy atom. The van der Waals surface area contributed by atoms with Crippen LogP contribution >= 0.6 is 0 Å². The summed E-state index contributed by atoms with van der Waals surface area (Å²) in [7, 11) is 0. The lowest BCUT2D eigenvalue weighted by molar-refractivity contribution is 0.668. The molecule has 0 aliphatic carbocycles. The molecule has 63 heavy (non-hydrogen) atoms. The van der Waals surface area contributed by atoms with Gasteiger partial charge in [0.15, 0.2) is 17.5 Å². The van der Waals surface area contributed by atoms with Crippen LogP contribution in [-0.4, -0.2) is 15.0 Å². The first-order chi connectivity index (χ1) is 31.2. The lowest BCUT2D eigenvalue weighted by Gasteiger charge is -2.09. The van der Waals surface area contributed by atoms with E-state index in [1.807, 2.05) is 72.8 Å². The molecular formula is C57H33N3O3. The van der Waals surface area contributed by atoms with E-state index < -0.39 is 0 Å². The van der Waals surface area contributed by atoms with E-state index in [0.29, 0.717) is 17.5 Å². The molecule has 0 N–H and O–H groups in total. The Kier molecular flexibility index (Phi) is 7.80. The molecule has 0 amide bonds. The van der Waals surface area contributed by atoms with Gasteiger partial charge >= 0.3 is 0 Å². The molecule has 0 radical (unpaired) electrons. The minimum absolute atomic E-state index is 0.532. The van der Waals surface area contributed by atoms with E-state index in [4.69, 9.17) is 28.2 Å². The second-order valence-electron chi connectivity index (χ2n) is 15.9. The molecule has 13 aromatic rings. The van der Waals surface area contributed by atoms with Crippen LogP contribution in [-0.2, 0) is 0 Å². The van der Waals surface area contributed by atoms with E-state index in [1.165, 1.54) is 0 Å². The number of hydrogen-bond acceptors (Lipinski definition) is 6. The SMILES string of the molecule is c1ccc(-c2cc(-c3ccccc3)c3oc4c(-c5ccc6oc7cc(-c8nc(-c9ccccc9)nc(-c9cccc%10c9oc9ccccc9%10)n8)ccc7c6c5)cccc4c3c2)cc1. The minimum Gasteiger partial charge on any atom is -0.456 e. The first-order valence-corrected chi connectivity index (χ1v) is 21.0. The van der Waals surface area contributed by atoms with Gasteiger partial charge in [0.05, 0.1) is 5.56 Å². The van der Waals surface area contributed by atoms with Gasteiger partial charge in [0, 0.05) is 54.6 Å². The fourth-order valence-electron chi connectivity index (χ4n) is 9.11. The molecule has 0 saturated carbocycles. The maximum absolute atomic E-state index is 6.93. The maximum atomic E-state index is 6.93. The van der Waals surface area contributed by atoms with Crippen LogP contribution in [0.15, 0.2) is 213 Å². The van der Waals surface area contributed by atoms with E-state index in [2.05, 4.69) is 127 Å². The predicted octanol–water partition coefficient (Wildman–Crippen LogP) is 15.6. The first kappa shape index (κ1) is 35.2. The van der Waals surface area contributed by atoms with E-state index in [9.17, 15) is 0 Å². The normalized spacial score (nSPS) is 11.8. The van der Waals surface area contributed by atoms with Crippen molar-refractivity contribution >= 4 is 65.8 Å². The lowest BCUT2D eigenvalue weighted by atomic mass is 9.95. The van der Waals surface area contributed by atoms with Gasteiger partial charge in [-0.05, 0) is 70.8 Å². The Morgan fingerprint density at radius 2 is 0.794 bits per heavy atom. The molecule has 294 valence electrons. The molecule has 13 rings (SSSR count). The minimum atomic E-state index is 0.532. The van der Waals surface area contributed by atoms with Gasteiger partial charge in [0.1, 0.15) is 33.5 Å². The third kappa shape index (κ3) is 5.76. The average molecular weight is 808 g/mol. The van der Waals surface area contributed by atoms with Gasteiger partial charge in [0.2, 0.25) is 0 Å². The monoisotopic (exact) mass is 807 g/mol. The highest BCUT2D eigenvalue weighted by Crippen LogP contribution is 2.44. The number of para-hydroxylation sites is 3.